The molecule has 0 amide bonds. The molecule has 0 bridgehead atoms. The number of fused-ring (bicyclic) bond motifs is 1. The molecule has 0 fully saturated rings. The van der Waals surface area contributed by atoms with E-state index in [0.29, 0.717) is 29.0 Å². The summed E-state index contributed by atoms with van der Waals surface area (Å²) in [7, 11) is 1.52. The van der Waals surface area contributed by atoms with Crippen LogP contribution in [0, 0.1) is 17.5 Å². The van der Waals surface area contributed by atoms with Crippen LogP contribution in [-0.4, -0.2) is 39.3 Å². The Morgan fingerprint density at radius 1 is 0.975 bits per heavy atom. The van der Waals surface area contributed by atoms with Crippen molar-refractivity contribution in [2.24, 2.45) is 0 Å². The molecule has 2 aromatic heterocycles. The van der Waals surface area contributed by atoms with Crippen LogP contribution in [0.1, 0.15) is 27.3 Å². The molecule has 5 rings (SSSR count). The minimum absolute atomic E-state index is 0.00861. The van der Waals surface area contributed by atoms with E-state index in [1.807, 2.05) is 0 Å². The Kier molecular flexibility index (Phi) is 7.79. The molecule has 0 atom stereocenters. The first kappa shape index (κ1) is 26.9. The maximum absolute atomic E-state index is 15.5. The summed E-state index contributed by atoms with van der Waals surface area (Å²) >= 11 is 0. The topological polar surface area (TPSA) is 86.5 Å². The lowest BCUT2D eigenvalue weighted by molar-refractivity contribution is 0.0699. The van der Waals surface area contributed by atoms with Crippen LogP contribution in [0.3, 0.4) is 0 Å². The highest BCUT2D eigenvalue weighted by Crippen LogP contribution is 2.32. The number of nitrogens with zero attached hydrogens (tertiary/aromatic N) is 3. The number of imidazole rings is 1. The molecule has 5 aromatic rings. The number of aromatic nitrogens is 3. The summed E-state index contributed by atoms with van der Waals surface area (Å²) < 4.78 is 57.5. The molecule has 0 radical (unpaired) electrons. The zero-order valence-corrected chi connectivity index (χ0v) is 21.4. The van der Waals surface area contributed by atoms with E-state index in [1.165, 1.54) is 37.6 Å². The van der Waals surface area contributed by atoms with Gasteiger partial charge < -0.3 is 19.1 Å². The van der Waals surface area contributed by atoms with Gasteiger partial charge in [0.2, 0.25) is 5.88 Å². The summed E-state index contributed by atoms with van der Waals surface area (Å²) in [6.07, 6.45) is 1.25. The number of pyridine rings is 1. The third-order valence-corrected chi connectivity index (χ3v) is 6.49. The number of halogens is 3. The van der Waals surface area contributed by atoms with Crippen LogP contribution in [0.5, 0.6) is 5.88 Å². The molecule has 0 spiro atoms. The standard InChI is InChI=1S/C30H24F3N3O4/c1-39-13-12-36-26-10-4-7-21(30(37)38)28(26)35-27(36)16-22-24(32)14-19(15-25(22)33)20-8-5-11-34-29(20)40-17-18-6-2-3-9-23(18)31/h2-11,14-15H,12-13,16-17H2,1H3,(H,37,38). The number of methoxy groups -OCH3 is 1. The molecule has 2 heterocycles. The molecule has 0 saturated heterocycles. The molecule has 10 heteroatoms. The number of aromatic carboxylic acids is 1. The lowest BCUT2D eigenvalue weighted by Crippen LogP contribution is -2.10. The fourth-order valence-corrected chi connectivity index (χ4v) is 4.51. The van der Waals surface area contributed by atoms with Gasteiger partial charge in [0, 0.05) is 43.0 Å². The van der Waals surface area contributed by atoms with Gasteiger partial charge in [0.05, 0.1) is 17.7 Å². The Morgan fingerprint density at radius 3 is 2.48 bits per heavy atom. The van der Waals surface area contributed by atoms with Crippen LogP contribution in [-0.2, 0) is 24.3 Å². The first-order chi connectivity index (χ1) is 19.4. The van der Waals surface area contributed by atoms with Crippen molar-refractivity contribution in [2.75, 3.05) is 13.7 Å². The molecule has 0 unspecified atom stereocenters. The average Bonchev–Trinajstić information content (AvgIpc) is 3.30. The van der Waals surface area contributed by atoms with Crippen molar-refractivity contribution in [3.63, 3.8) is 0 Å². The van der Waals surface area contributed by atoms with E-state index < -0.39 is 23.4 Å². The van der Waals surface area contributed by atoms with Gasteiger partial charge in [-0.05, 0) is 48.0 Å². The third-order valence-electron chi connectivity index (χ3n) is 6.49. The fourth-order valence-electron chi connectivity index (χ4n) is 4.51. The minimum atomic E-state index is -1.15. The summed E-state index contributed by atoms with van der Waals surface area (Å²) in [5, 5.41) is 9.59. The monoisotopic (exact) mass is 547 g/mol. The van der Waals surface area contributed by atoms with E-state index in [9.17, 15) is 14.3 Å². The molecule has 7 nitrogen and oxygen atoms in total. The van der Waals surface area contributed by atoms with Crippen LogP contribution < -0.4 is 4.74 Å². The second-order valence-electron chi connectivity index (χ2n) is 8.98. The molecule has 0 aliphatic carbocycles. The van der Waals surface area contributed by atoms with Crippen LogP contribution in [0.25, 0.3) is 22.2 Å². The van der Waals surface area contributed by atoms with Gasteiger partial charge in [0.1, 0.15) is 35.4 Å². The van der Waals surface area contributed by atoms with Crippen molar-refractivity contribution >= 4 is 17.0 Å². The van der Waals surface area contributed by atoms with E-state index in [1.54, 1.807) is 47.0 Å². The number of ether oxygens (including phenoxy) is 2. The second-order valence-corrected chi connectivity index (χ2v) is 8.98. The minimum Gasteiger partial charge on any atom is -0.478 e. The van der Waals surface area contributed by atoms with Gasteiger partial charge in [-0.15, -0.1) is 0 Å². The zero-order valence-electron chi connectivity index (χ0n) is 21.4. The van der Waals surface area contributed by atoms with Crippen molar-refractivity contribution in [1.82, 2.24) is 14.5 Å². The summed E-state index contributed by atoms with van der Waals surface area (Å²) in [4.78, 5) is 20.4. The Bertz CT molecular complexity index is 1680. The number of para-hydroxylation sites is 1. The lowest BCUT2D eigenvalue weighted by Gasteiger charge is -2.13. The Morgan fingerprint density at radius 2 is 1.75 bits per heavy atom. The predicted molar refractivity (Wildman–Crippen MR) is 142 cm³/mol. The van der Waals surface area contributed by atoms with E-state index in [4.69, 9.17) is 9.47 Å². The maximum atomic E-state index is 15.5. The van der Waals surface area contributed by atoms with Gasteiger partial charge in [-0.3, -0.25) is 0 Å². The average molecular weight is 548 g/mol. The van der Waals surface area contributed by atoms with Gasteiger partial charge >= 0.3 is 5.97 Å². The van der Waals surface area contributed by atoms with Gasteiger partial charge in [0.15, 0.2) is 0 Å². The molecule has 0 aliphatic rings. The van der Waals surface area contributed by atoms with Gasteiger partial charge in [-0.25, -0.2) is 27.9 Å². The first-order valence-electron chi connectivity index (χ1n) is 12.4. The summed E-state index contributed by atoms with van der Waals surface area (Å²) in [6.45, 7) is 0.483. The van der Waals surface area contributed by atoms with Gasteiger partial charge in [-0.1, -0.05) is 24.3 Å². The second kappa shape index (κ2) is 11.6. The van der Waals surface area contributed by atoms with Crippen molar-refractivity contribution in [1.29, 1.82) is 0 Å². The zero-order chi connectivity index (χ0) is 28.2. The van der Waals surface area contributed by atoms with E-state index in [2.05, 4.69) is 9.97 Å². The molecule has 0 aliphatic heterocycles. The maximum Gasteiger partial charge on any atom is 0.337 e. The normalized spacial score (nSPS) is 11.2. The Balaban J connectivity index is 1.49. The van der Waals surface area contributed by atoms with E-state index >= 15 is 8.78 Å². The number of rotatable bonds is 10. The molecule has 1 N–H and O–H groups in total. The first-order valence-corrected chi connectivity index (χ1v) is 12.4. The van der Waals surface area contributed by atoms with Crippen molar-refractivity contribution in [3.8, 4) is 17.0 Å². The van der Waals surface area contributed by atoms with Crippen LogP contribution in [0.15, 0.2) is 72.9 Å². The van der Waals surface area contributed by atoms with Crippen molar-refractivity contribution in [2.45, 2.75) is 19.6 Å². The van der Waals surface area contributed by atoms with Crippen molar-refractivity contribution in [3.05, 3.63) is 113 Å². The highest BCUT2D eigenvalue weighted by Gasteiger charge is 2.21. The smallest absolute Gasteiger partial charge is 0.337 e. The number of benzene rings is 3. The van der Waals surface area contributed by atoms with Gasteiger partial charge in [0.25, 0.3) is 0 Å². The quantitative estimate of drug-likeness (QED) is 0.230. The molecule has 40 heavy (non-hydrogen) atoms. The fraction of sp³-hybridized carbons (Fsp3) is 0.167. The number of carboxylic acids is 1. The molecular formula is C30H24F3N3O4. The molecular weight excluding hydrogens is 523 g/mol. The van der Waals surface area contributed by atoms with Crippen molar-refractivity contribution < 1.29 is 32.5 Å². The largest absolute Gasteiger partial charge is 0.478 e. The highest BCUT2D eigenvalue weighted by atomic mass is 19.1. The number of hydrogen-bond acceptors (Lipinski definition) is 5. The molecule has 204 valence electrons. The summed E-state index contributed by atoms with van der Waals surface area (Å²) in [5.41, 5.74) is 1.35. The predicted octanol–water partition coefficient (Wildman–Crippen LogP) is 6.03. The summed E-state index contributed by atoms with van der Waals surface area (Å²) in [6, 6.07) is 16.4. The highest BCUT2D eigenvalue weighted by molar-refractivity contribution is 6.01. The van der Waals surface area contributed by atoms with E-state index in [-0.39, 0.29) is 47.7 Å². The number of carbonyl (C=O) groups is 1. The SMILES string of the molecule is COCCn1c(Cc2c(F)cc(-c3cccnc3OCc3ccccc3F)cc2F)nc2c(C(=O)O)cccc21. The number of hydrogen-bond donors (Lipinski definition) is 1. The van der Waals surface area contributed by atoms with Gasteiger partial charge in [-0.2, -0.15) is 0 Å². The van der Waals surface area contributed by atoms with Crippen LogP contribution in [0.4, 0.5) is 13.2 Å². The Hall–Kier alpha value is -4.70. The van der Waals surface area contributed by atoms with Crippen LogP contribution in [0.2, 0.25) is 0 Å². The third kappa shape index (κ3) is 5.39. The molecule has 3 aromatic carbocycles. The van der Waals surface area contributed by atoms with Crippen LogP contribution >= 0.6 is 0 Å². The molecule has 0 saturated carbocycles. The Labute approximate surface area is 227 Å². The number of carboxylic acid groups (broad SMARTS) is 1. The van der Waals surface area contributed by atoms with E-state index in [0.717, 1.165) is 0 Å². The lowest BCUT2D eigenvalue weighted by atomic mass is 10.0. The summed E-state index contributed by atoms with van der Waals surface area (Å²) in [5.74, 6) is -2.83.